The summed E-state index contributed by atoms with van der Waals surface area (Å²) in [4.78, 5) is 18.0. The summed E-state index contributed by atoms with van der Waals surface area (Å²) in [6.07, 6.45) is 4.32. The number of aromatic nitrogens is 1. The molecule has 0 bridgehead atoms. The average molecular weight is 285 g/mol. The van der Waals surface area contributed by atoms with Crippen molar-refractivity contribution in [2.24, 2.45) is 5.92 Å². The van der Waals surface area contributed by atoms with Crippen LogP contribution in [0, 0.1) is 17.2 Å². The number of anilines is 1. The molecule has 0 saturated carbocycles. The summed E-state index contributed by atoms with van der Waals surface area (Å²) in [6, 6.07) is 4.33. The molecule has 0 radical (unpaired) electrons. The third-order valence-corrected chi connectivity index (χ3v) is 4.65. The number of fused-ring (bicyclic) bond motifs is 1. The SMILES string of the molecule is CC1CC(C(=O)O)CCN1c1nc2c(cc1C#N)CCC2. The van der Waals surface area contributed by atoms with Crippen molar-refractivity contribution in [3.8, 4) is 6.07 Å². The van der Waals surface area contributed by atoms with Crippen molar-refractivity contribution in [1.29, 1.82) is 5.26 Å². The zero-order chi connectivity index (χ0) is 15.0. The molecule has 0 aromatic carbocycles. The van der Waals surface area contributed by atoms with Gasteiger partial charge in [0.1, 0.15) is 11.9 Å². The molecule has 1 saturated heterocycles. The molecule has 1 aliphatic carbocycles. The molecule has 3 rings (SSSR count). The summed E-state index contributed by atoms with van der Waals surface area (Å²) >= 11 is 0. The standard InChI is InChI=1S/C16H19N3O2/c1-10-7-12(16(20)21)5-6-19(10)15-13(9-17)8-11-3-2-4-14(11)18-15/h8,10,12H,2-7H2,1H3,(H,20,21). The number of hydrogen-bond donors (Lipinski definition) is 1. The van der Waals surface area contributed by atoms with E-state index in [1.54, 1.807) is 0 Å². The molecular formula is C16H19N3O2. The van der Waals surface area contributed by atoms with Crippen molar-refractivity contribution in [2.75, 3.05) is 11.4 Å². The van der Waals surface area contributed by atoms with Crippen LogP contribution in [0.15, 0.2) is 6.07 Å². The number of nitriles is 1. The molecule has 2 unspecified atom stereocenters. The number of carbonyl (C=O) groups is 1. The van der Waals surface area contributed by atoms with Crippen LogP contribution in [0.2, 0.25) is 0 Å². The lowest BCUT2D eigenvalue weighted by molar-refractivity contribution is -0.142. The quantitative estimate of drug-likeness (QED) is 0.900. The summed E-state index contributed by atoms with van der Waals surface area (Å²) < 4.78 is 0. The lowest BCUT2D eigenvalue weighted by Crippen LogP contribution is -2.43. The number of nitrogens with zero attached hydrogens (tertiary/aromatic N) is 3. The van der Waals surface area contributed by atoms with Crippen LogP contribution in [0.5, 0.6) is 0 Å². The summed E-state index contributed by atoms with van der Waals surface area (Å²) in [5.41, 5.74) is 2.93. The average Bonchev–Trinajstić information content (AvgIpc) is 2.92. The van der Waals surface area contributed by atoms with Gasteiger partial charge in [0.25, 0.3) is 0 Å². The minimum atomic E-state index is -0.719. The molecule has 5 nitrogen and oxygen atoms in total. The Hall–Kier alpha value is -2.09. The summed E-state index contributed by atoms with van der Waals surface area (Å²) in [5, 5.41) is 18.5. The van der Waals surface area contributed by atoms with Crippen LogP contribution in [0.4, 0.5) is 5.82 Å². The predicted molar refractivity (Wildman–Crippen MR) is 78.1 cm³/mol. The van der Waals surface area contributed by atoms with Gasteiger partial charge < -0.3 is 10.0 Å². The topological polar surface area (TPSA) is 77.2 Å². The highest BCUT2D eigenvalue weighted by molar-refractivity contribution is 5.70. The minimum Gasteiger partial charge on any atom is -0.481 e. The molecule has 110 valence electrons. The third-order valence-electron chi connectivity index (χ3n) is 4.65. The van der Waals surface area contributed by atoms with E-state index < -0.39 is 5.97 Å². The Morgan fingerprint density at radius 3 is 3.00 bits per heavy atom. The molecule has 2 heterocycles. The van der Waals surface area contributed by atoms with E-state index in [2.05, 4.69) is 11.0 Å². The molecule has 2 atom stereocenters. The molecule has 1 fully saturated rings. The molecule has 0 spiro atoms. The van der Waals surface area contributed by atoms with Gasteiger partial charge in [-0.3, -0.25) is 4.79 Å². The van der Waals surface area contributed by atoms with Gasteiger partial charge in [-0.15, -0.1) is 0 Å². The lowest BCUT2D eigenvalue weighted by atomic mass is 9.91. The van der Waals surface area contributed by atoms with Crippen LogP contribution >= 0.6 is 0 Å². The maximum absolute atomic E-state index is 11.1. The molecule has 21 heavy (non-hydrogen) atoms. The first-order valence-corrected chi connectivity index (χ1v) is 7.52. The summed E-state index contributed by atoms with van der Waals surface area (Å²) in [5.74, 6) is -0.255. The predicted octanol–water partition coefficient (Wildman–Crippen LogP) is 2.13. The van der Waals surface area contributed by atoms with Gasteiger partial charge in [0, 0.05) is 18.3 Å². The normalized spacial score (nSPS) is 24.5. The first-order chi connectivity index (χ1) is 10.1. The van der Waals surface area contributed by atoms with E-state index in [0.29, 0.717) is 24.9 Å². The van der Waals surface area contributed by atoms with Gasteiger partial charge in [-0.1, -0.05) is 0 Å². The second kappa shape index (κ2) is 5.36. The second-order valence-corrected chi connectivity index (χ2v) is 6.03. The molecule has 1 aromatic rings. The molecule has 1 aromatic heterocycles. The Kier molecular flexibility index (Phi) is 3.54. The van der Waals surface area contributed by atoms with Crippen molar-refractivity contribution in [3.05, 3.63) is 22.9 Å². The molecule has 1 N–H and O–H groups in total. The van der Waals surface area contributed by atoms with Gasteiger partial charge in [-0.05, 0) is 50.7 Å². The molecule has 2 aliphatic rings. The fraction of sp³-hybridized carbons (Fsp3) is 0.562. The number of hydrogen-bond acceptors (Lipinski definition) is 4. The van der Waals surface area contributed by atoms with Crippen molar-refractivity contribution >= 4 is 11.8 Å². The van der Waals surface area contributed by atoms with Gasteiger partial charge in [0.05, 0.1) is 11.5 Å². The Bertz CT molecular complexity index is 621. The highest BCUT2D eigenvalue weighted by atomic mass is 16.4. The van der Waals surface area contributed by atoms with Gasteiger partial charge in [0.15, 0.2) is 0 Å². The van der Waals surface area contributed by atoms with Crippen LogP contribution in [0.3, 0.4) is 0 Å². The van der Waals surface area contributed by atoms with E-state index in [1.807, 2.05) is 13.0 Å². The smallest absolute Gasteiger partial charge is 0.306 e. The van der Waals surface area contributed by atoms with Crippen molar-refractivity contribution in [3.63, 3.8) is 0 Å². The first-order valence-electron chi connectivity index (χ1n) is 7.52. The van der Waals surface area contributed by atoms with Crippen LogP contribution in [-0.4, -0.2) is 28.6 Å². The maximum Gasteiger partial charge on any atom is 0.306 e. The molecule has 5 heteroatoms. The summed E-state index contributed by atoms with van der Waals surface area (Å²) in [7, 11) is 0. The minimum absolute atomic E-state index is 0.0962. The zero-order valence-corrected chi connectivity index (χ0v) is 12.2. The van der Waals surface area contributed by atoms with Gasteiger partial charge in [-0.2, -0.15) is 5.26 Å². The van der Waals surface area contributed by atoms with E-state index in [0.717, 1.165) is 30.8 Å². The van der Waals surface area contributed by atoms with E-state index in [1.165, 1.54) is 5.56 Å². The molecular weight excluding hydrogens is 266 g/mol. The van der Waals surface area contributed by atoms with E-state index in [9.17, 15) is 10.1 Å². The van der Waals surface area contributed by atoms with Crippen LogP contribution in [0.1, 0.15) is 43.0 Å². The van der Waals surface area contributed by atoms with Crippen LogP contribution in [-0.2, 0) is 17.6 Å². The first kappa shape index (κ1) is 13.9. The summed E-state index contributed by atoms with van der Waals surface area (Å²) in [6.45, 7) is 2.67. The molecule has 1 aliphatic heterocycles. The highest BCUT2D eigenvalue weighted by Crippen LogP contribution is 2.32. The Balaban J connectivity index is 1.91. The van der Waals surface area contributed by atoms with Gasteiger partial charge in [0.2, 0.25) is 0 Å². The van der Waals surface area contributed by atoms with Crippen LogP contribution < -0.4 is 4.90 Å². The number of rotatable bonds is 2. The van der Waals surface area contributed by atoms with Gasteiger partial charge >= 0.3 is 5.97 Å². The lowest BCUT2D eigenvalue weighted by Gasteiger charge is -2.37. The van der Waals surface area contributed by atoms with Gasteiger partial charge in [-0.25, -0.2) is 4.98 Å². The molecule has 0 amide bonds. The number of aryl methyl sites for hydroxylation is 2. The van der Waals surface area contributed by atoms with E-state index in [-0.39, 0.29) is 12.0 Å². The fourth-order valence-corrected chi connectivity index (χ4v) is 3.47. The Labute approximate surface area is 124 Å². The Morgan fingerprint density at radius 1 is 1.52 bits per heavy atom. The number of pyridine rings is 1. The van der Waals surface area contributed by atoms with Crippen molar-refractivity contribution in [2.45, 2.75) is 45.1 Å². The maximum atomic E-state index is 11.1. The monoisotopic (exact) mass is 285 g/mol. The number of piperidine rings is 1. The van der Waals surface area contributed by atoms with E-state index in [4.69, 9.17) is 10.1 Å². The van der Waals surface area contributed by atoms with Crippen LogP contribution in [0.25, 0.3) is 0 Å². The second-order valence-electron chi connectivity index (χ2n) is 6.03. The number of aliphatic carboxylic acids is 1. The van der Waals surface area contributed by atoms with Crippen molar-refractivity contribution < 1.29 is 9.90 Å². The Morgan fingerprint density at radius 2 is 2.33 bits per heavy atom. The van der Waals surface area contributed by atoms with Crippen molar-refractivity contribution in [1.82, 2.24) is 4.98 Å². The zero-order valence-electron chi connectivity index (χ0n) is 12.2. The third kappa shape index (κ3) is 2.46. The largest absolute Gasteiger partial charge is 0.481 e. The number of carboxylic acids is 1. The van der Waals surface area contributed by atoms with E-state index >= 15 is 0 Å². The fourth-order valence-electron chi connectivity index (χ4n) is 3.47. The highest BCUT2D eigenvalue weighted by Gasteiger charge is 2.32. The number of carboxylic acid groups (broad SMARTS) is 1.